The number of non-ortho nitro benzene ring substituents is 1. The molecule has 1 heterocycles. The summed E-state index contributed by atoms with van der Waals surface area (Å²) in [6.07, 6.45) is 3.61. The van der Waals surface area contributed by atoms with E-state index in [-0.39, 0.29) is 5.69 Å². The Hall–Kier alpha value is -2.63. The predicted octanol–water partition coefficient (Wildman–Crippen LogP) is 2.38. The van der Waals surface area contributed by atoms with Crippen LogP contribution in [0.2, 0.25) is 0 Å². The number of nitro benzene ring substituents is 1. The molecular formula is C12H12N4O2. The van der Waals surface area contributed by atoms with Crippen molar-refractivity contribution in [1.82, 2.24) is 4.57 Å². The van der Waals surface area contributed by atoms with Gasteiger partial charge in [-0.15, -0.1) is 0 Å². The molecule has 0 bridgehead atoms. The molecule has 0 atom stereocenters. The number of hydrazone groups is 1. The summed E-state index contributed by atoms with van der Waals surface area (Å²) < 4.78 is 1.93. The summed E-state index contributed by atoms with van der Waals surface area (Å²) in [6, 6.07) is 9.94. The van der Waals surface area contributed by atoms with Gasteiger partial charge < -0.3 is 4.57 Å². The van der Waals surface area contributed by atoms with Crippen molar-refractivity contribution in [2.75, 3.05) is 5.43 Å². The molecule has 0 saturated carbocycles. The standard InChI is InChI=1S/C12H12N4O2/c1-15-8-2-3-12(15)9-13-14-10-4-6-11(7-5-10)16(17)18/h2-9,14H,1H3/b13-9+. The molecule has 0 aliphatic carbocycles. The maximum Gasteiger partial charge on any atom is 0.269 e. The average Bonchev–Trinajstić information content (AvgIpc) is 2.76. The van der Waals surface area contributed by atoms with Gasteiger partial charge in [-0.25, -0.2) is 0 Å². The first kappa shape index (κ1) is 11.8. The third-order valence-corrected chi connectivity index (χ3v) is 2.45. The number of rotatable bonds is 4. The van der Waals surface area contributed by atoms with Gasteiger partial charge in [-0.05, 0) is 24.3 Å². The summed E-state index contributed by atoms with van der Waals surface area (Å²) in [4.78, 5) is 10.0. The molecule has 0 saturated heterocycles. The number of nitrogens with one attached hydrogen (secondary N) is 1. The van der Waals surface area contributed by atoms with E-state index >= 15 is 0 Å². The van der Waals surface area contributed by atoms with E-state index in [1.165, 1.54) is 12.1 Å². The molecule has 1 aromatic heterocycles. The number of aromatic nitrogens is 1. The average molecular weight is 244 g/mol. The molecule has 0 aliphatic rings. The summed E-state index contributed by atoms with van der Waals surface area (Å²) in [5, 5.41) is 14.5. The van der Waals surface area contributed by atoms with Crippen molar-refractivity contribution < 1.29 is 4.92 Å². The number of nitro groups is 1. The van der Waals surface area contributed by atoms with Gasteiger partial charge in [-0.2, -0.15) is 5.10 Å². The fourth-order valence-corrected chi connectivity index (χ4v) is 1.44. The molecule has 2 aromatic rings. The van der Waals surface area contributed by atoms with E-state index in [2.05, 4.69) is 10.5 Å². The monoisotopic (exact) mass is 244 g/mol. The van der Waals surface area contributed by atoms with Gasteiger partial charge in [-0.1, -0.05) is 0 Å². The van der Waals surface area contributed by atoms with Gasteiger partial charge in [-0.3, -0.25) is 15.5 Å². The number of anilines is 1. The van der Waals surface area contributed by atoms with Gasteiger partial charge in [0.25, 0.3) is 5.69 Å². The fourth-order valence-electron chi connectivity index (χ4n) is 1.44. The van der Waals surface area contributed by atoms with Crippen LogP contribution in [-0.2, 0) is 7.05 Å². The van der Waals surface area contributed by atoms with Crippen molar-refractivity contribution in [3.63, 3.8) is 0 Å². The van der Waals surface area contributed by atoms with Crippen molar-refractivity contribution in [2.45, 2.75) is 0 Å². The lowest BCUT2D eigenvalue weighted by molar-refractivity contribution is -0.384. The van der Waals surface area contributed by atoms with Crippen molar-refractivity contribution in [1.29, 1.82) is 0 Å². The Bertz CT molecular complexity index is 572. The largest absolute Gasteiger partial charge is 0.350 e. The Morgan fingerprint density at radius 3 is 2.61 bits per heavy atom. The van der Waals surface area contributed by atoms with Crippen molar-refractivity contribution in [2.24, 2.45) is 12.1 Å². The molecule has 0 fully saturated rings. The summed E-state index contributed by atoms with van der Waals surface area (Å²) in [7, 11) is 1.92. The van der Waals surface area contributed by atoms with E-state index in [1.54, 1.807) is 18.3 Å². The first-order valence-corrected chi connectivity index (χ1v) is 5.31. The van der Waals surface area contributed by atoms with Crippen LogP contribution in [0.25, 0.3) is 0 Å². The van der Waals surface area contributed by atoms with Crippen molar-refractivity contribution in [3.05, 3.63) is 58.4 Å². The van der Waals surface area contributed by atoms with Crippen LogP contribution in [0.3, 0.4) is 0 Å². The van der Waals surface area contributed by atoms with Gasteiger partial charge in [0, 0.05) is 25.4 Å². The Morgan fingerprint density at radius 2 is 2.06 bits per heavy atom. The van der Waals surface area contributed by atoms with E-state index in [0.29, 0.717) is 5.69 Å². The molecule has 0 radical (unpaired) electrons. The Labute approximate surface area is 104 Å². The number of nitrogens with zero attached hydrogens (tertiary/aromatic N) is 3. The van der Waals surface area contributed by atoms with E-state index in [1.807, 2.05) is 29.9 Å². The number of hydrogen-bond acceptors (Lipinski definition) is 4. The predicted molar refractivity (Wildman–Crippen MR) is 69.7 cm³/mol. The van der Waals surface area contributed by atoms with Crippen LogP contribution in [0.15, 0.2) is 47.7 Å². The highest BCUT2D eigenvalue weighted by atomic mass is 16.6. The quantitative estimate of drug-likeness (QED) is 0.510. The minimum Gasteiger partial charge on any atom is -0.350 e. The zero-order valence-electron chi connectivity index (χ0n) is 9.78. The lowest BCUT2D eigenvalue weighted by Crippen LogP contribution is -1.96. The molecule has 1 aromatic carbocycles. The molecule has 2 rings (SSSR count). The zero-order valence-corrected chi connectivity index (χ0v) is 9.78. The van der Waals surface area contributed by atoms with Crippen LogP contribution in [0.4, 0.5) is 11.4 Å². The normalized spacial score (nSPS) is 10.7. The van der Waals surface area contributed by atoms with Gasteiger partial charge in [0.1, 0.15) is 0 Å². The van der Waals surface area contributed by atoms with Gasteiger partial charge in [0.15, 0.2) is 0 Å². The topological polar surface area (TPSA) is 72.5 Å². The maximum atomic E-state index is 10.5. The molecule has 6 heteroatoms. The van der Waals surface area contributed by atoms with Crippen LogP contribution in [0.1, 0.15) is 5.69 Å². The SMILES string of the molecule is Cn1cccc1/C=N/Nc1ccc([N+](=O)[O-])cc1. The van der Waals surface area contributed by atoms with Gasteiger partial charge in [0.05, 0.1) is 22.5 Å². The molecule has 1 N–H and O–H groups in total. The first-order chi connectivity index (χ1) is 8.66. The first-order valence-electron chi connectivity index (χ1n) is 5.31. The maximum absolute atomic E-state index is 10.5. The summed E-state index contributed by atoms with van der Waals surface area (Å²) >= 11 is 0. The lowest BCUT2D eigenvalue weighted by atomic mass is 10.3. The molecule has 0 spiro atoms. The molecule has 0 unspecified atom stereocenters. The van der Waals surface area contributed by atoms with E-state index in [0.717, 1.165) is 5.69 Å². The molecule has 0 amide bonds. The Balaban J connectivity index is 2.00. The third kappa shape index (κ3) is 2.73. The highest BCUT2D eigenvalue weighted by molar-refractivity contribution is 5.78. The zero-order chi connectivity index (χ0) is 13.0. The van der Waals surface area contributed by atoms with Crippen LogP contribution in [-0.4, -0.2) is 15.7 Å². The minimum absolute atomic E-state index is 0.0620. The second kappa shape index (κ2) is 5.13. The van der Waals surface area contributed by atoms with E-state index in [9.17, 15) is 10.1 Å². The fraction of sp³-hybridized carbons (Fsp3) is 0.0833. The highest BCUT2D eigenvalue weighted by Gasteiger charge is 2.02. The molecule has 6 nitrogen and oxygen atoms in total. The molecular weight excluding hydrogens is 232 g/mol. The Kier molecular flexibility index (Phi) is 3.38. The van der Waals surface area contributed by atoms with Gasteiger partial charge >= 0.3 is 0 Å². The van der Waals surface area contributed by atoms with E-state index < -0.39 is 4.92 Å². The Morgan fingerprint density at radius 1 is 1.33 bits per heavy atom. The smallest absolute Gasteiger partial charge is 0.269 e. The third-order valence-electron chi connectivity index (χ3n) is 2.45. The van der Waals surface area contributed by atoms with Crippen molar-refractivity contribution >= 4 is 17.6 Å². The van der Waals surface area contributed by atoms with Crippen LogP contribution in [0.5, 0.6) is 0 Å². The summed E-state index contributed by atoms with van der Waals surface area (Å²) in [5.41, 5.74) is 4.53. The lowest BCUT2D eigenvalue weighted by Gasteiger charge is -1.99. The molecule has 92 valence electrons. The highest BCUT2D eigenvalue weighted by Crippen LogP contribution is 2.15. The van der Waals surface area contributed by atoms with Crippen LogP contribution >= 0.6 is 0 Å². The van der Waals surface area contributed by atoms with E-state index in [4.69, 9.17) is 0 Å². The minimum atomic E-state index is -0.434. The second-order valence-corrected chi connectivity index (χ2v) is 3.72. The van der Waals surface area contributed by atoms with Crippen molar-refractivity contribution in [3.8, 4) is 0 Å². The van der Waals surface area contributed by atoms with Gasteiger partial charge in [0.2, 0.25) is 0 Å². The summed E-state index contributed by atoms with van der Waals surface area (Å²) in [6.45, 7) is 0. The number of benzene rings is 1. The molecule has 0 aliphatic heterocycles. The van der Waals surface area contributed by atoms with Crippen LogP contribution < -0.4 is 5.43 Å². The second-order valence-electron chi connectivity index (χ2n) is 3.72. The number of aryl methyl sites for hydroxylation is 1. The summed E-state index contributed by atoms with van der Waals surface area (Å²) in [5.74, 6) is 0. The van der Waals surface area contributed by atoms with Crippen LogP contribution in [0, 0.1) is 10.1 Å². The number of hydrogen-bond donors (Lipinski definition) is 1. The molecule has 18 heavy (non-hydrogen) atoms.